The standard InChI is InChI=1S/C17H22N2O3/c1-11(2)19-10-17(9-15(19)20)6-5-12-7-13(16(21)18-22)3-4-14(12)8-17/h3-4,7,11,22H,5-6,8-10H2,1-2H3,(H,18,21). The summed E-state index contributed by atoms with van der Waals surface area (Å²) < 4.78 is 0. The fourth-order valence-corrected chi connectivity index (χ4v) is 3.81. The van der Waals surface area contributed by atoms with Crippen LogP contribution < -0.4 is 5.48 Å². The first-order valence-corrected chi connectivity index (χ1v) is 7.80. The SMILES string of the molecule is CC(C)N1CC2(CCc3cc(C(=O)NO)ccc3C2)CC1=O. The van der Waals surface area contributed by atoms with E-state index in [4.69, 9.17) is 5.21 Å². The molecule has 1 saturated heterocycles. The quantitative estimate of drug-likeness (QED) is 0.648. The Morgan fingerprint density at radius 1 is 1.32 bits per heavy atom. The summed E-state index contributed by atoms with van der Waals surface area (Å²) in [5, 5.41) is 8.73. The lowest BCUT2D eigenvalue weighted by Gasteiger charge is -2.35. The molecule has 5 heteroatoms. The molecule has 118 valence electrons. The van der Waals surface area contributed by atoms with E-state index in [1.807, 2.05) is 17.0 Å². The minimum absolute atomic E-state index is 0.0507. The predicted octanol–water partition coefficient (Wildman–Crippen LogP) is 1.92. The van der Waals surface area contributed by atoms with Gasteiger partial charge in [-0.15, -0.1) is 0 Å². The molecule has 3 rings (SSSR count). The fourth-order valence-electron chi connectivity index (χ4n) is 3.81. The summed E-state index contributed by atoms with van der Waals surface area (Å²) in [5.41, 5.74) is 4.57. The number of nitrogens with one attached hydrogen (secondary N) is 1. The van der Waals surface area contributed by atoms with Crippen LogP contribution in [0.3, 0.4) is 0 Å². The highest BCUT2D eigenvalue weighted by molar-refractivity contribution is 5.93. The van der Waals surface area contributed by atoms with Crippen LogP contribution in [0.1, 0.15) is 48.2 Å². The number of carbonyl (C=O) groups is 2. The molecule has 1 aliphatic carbocycles. The molecule has 1 spiro atoms. The second-order valence-electron chi connectivity index (χ2n) is 6.89. The maximum Gasteiger partial charge on any atom is 0.274 e. The number of likely N-dealkylation sites (tertiary alicyclic amines) is 1. The highest BCUT2D eigenvalue weighted by Gasteiger charge is 2.45. The van der Waals surface area contributed by atoms with Gasteiger partial charge in [0.25, 0.3) is 5.91 Å². The Morgan fingerprint density at radius 2 is 2.09 bits per heavy atom. The van der Waals surface area contributed by atoms with Gasteiger partial charge >= 0.3 is 0 Å². The second-order valence-corrected chi connectivity index (χ2v) is 6.89. The lowest BCUT2D eigenvalue weighted by molar-refractivity contribution is -0.129. The lowest BCUT2D eigenvalue weighted by Crippen LogP contribution is -2.36. The van der Waals surface area contributed by atoms with E-state index in [0.717, 1.165) is 31.4 Å². The molecule has 2 aliphatic rings. The van der Waals surface area contributed by atoms with Crippen molar-refractivity contribution in [2.45, 2.75) is 45.6 Å². The average Bonchev–Trinajstić information content (AvgIpc) is 2.82. The van der Waals surface area contributed by atoms with Crippen LogP contribution in [-0.2, 0) is 17.6 Å². The van der Waals surface area contributed by atoms with Gasteiger partial charge in [0.15, 0.2) is 0 Å². The molecule has 0 saturated carbocycles. The number of aryl methyl sites for hydroxylation is 1. The summed E-state index contributed by atoms with van der Waals surface area (Å²) in [6.07, 6.45) is 3.36. The second kappa shape index (κ2) is 5.39. The van der Waals surface area contributed by atoms with E-state index in [9.17, 15) is 9.59 Å². The molecule has 5 nitrogen and oxygen atoms in total. The van der Waals surface area contributed by atoms with Crippen molar-refractivity contribution < 1.29 is 14.8 Å². The Balaban J connectivity index is 1.83. The van der Waals surface area contributed by atoms with Gasteiger partial charge in [0.1, 0.15) is 0 Å². The van der Waals surface area contributed by atoms with E-state index in [1.54, 1.807) is 11.5 Å². The molecule has 1 aromatic carbocycles. The van der Waals surface area contributed by atoms with Gasteiger partial charge in [-0.1, -0.05) is 6.07 Å². The Labute approximate surface area is 130 Å². The third-order valence-corrected chi connectivity index (χ3v) is 5.04. The van der Waals surface area contributed by atoms with Crippen LogP contribution in [0, 0.1) is 5.41 Å². The molecule has 22 heavy (non-hydrogen) atoms. The summed E-state index contributed by atoms with van der Waals surface area (Å²) in [4.78, 5) is 25.7. The molecule has 0 radical (unpaired) electrons. The smallest absolute Gasteiger partial charge is 0.274 e. The van der Waals surface area contributed by atoms with E-state index >= 15 is 0 Å². The van der Waals surface area contributed by atoms with E-state index in [2.05, 4.69) is 13.8 Å². The number of amides is 2. The topological polar surface area (TPSA) is 69.6 Å². The van der Waals surface area contributed by atoms with Crippen LogP contribution in [0.2, 0.25) is 0 Å². The van der Waals surface area contributed by atoms with Gasteiger partial charge in [0, 0.05) is 30.0 Å². The zero-order chi connectivity index (χ0) is 15.9. The molecule has 1 aliphatic heterocycles. The zero-order valence-corrected chi connectivity index (χ0v) is 13.1. The molecule has 1 fully saturated rings. The third kappa shape index (κ3) is 2.50. The van der Waals surface area contributed by atoms with Crippen LogP contribution >= 0.6 is 0 Å². The number of fused-ring (bicyclic) bond motifs is 1. The highest BCUT2D eigenvalue weighted by Crippen LogP contribution is 2.43. The Hall–Kier alpha value is -1.88. The van der Waals surface area contributed by atoms with Gasteiger partial charge in [0.2, 0.25) is 5.91 Å². The first kappa shape index (κ1) is 15.0. The number of carbonyl (C=O) groups excluding carboxylic acids is 2. The third-order valence-electron chi connectivity index (χ3n) is 5.04. The Morgan fingerprint density at radius 3 is 2.73 bits per heavy atom. The molecular weight excluding hydrogens is 280 g/mol. The summed E-state index contributed by atoms with van der Waals surface area (Å²) in [6.45, 7) is 4.96. The van der Waals surface area contributed by atoms with Crippen molar-refractivity contribution in [1.82, 2.24) is 10.4 Å². The van der Waals surface area contributed by atoms with Crippen LogP contribution in [0.4, 0.5) is 0 Å². The molecular formula is C17H22N2O3. The molecule has 0 bridgehead atoms. The number of hydrogen-bond donors (Lipinski definition) is 2. The number of benzene rings is 1. The summed E-state index contributed by atoms with van der Waals surface area (Å²) in [5.74, 6) is -0.222. The van der Waals surface area contributed by atoms with Crippen LogP contribution in [-0.4, -0.2) is 34.5 Å². The zero-order valence-electron chi connectivity index (χ0n) is 13.1. The van der Waals surface area contributed by atoms with Crippen molar-refractivity contribution in [2.75, 3.05) is 6.54 Å². The van der Waals surface area contributed by atoms with E-state index in [1.165, 1.54) is 5.56 Å². The minimum Gasteiger partial charge on any atom is -0.340 e. The van der Waals surface area contributed by atoms with Crippen LogP contribution in [0.25, 0.3) is 0 Å². The van der Waals surface area contributed by atoms with Gasteiger partial charge in [-0.05, 0) is 56.4 Å². The normalized spacial score (nSPS) is 24.0. The van der Waals surface area contributed by atoms with Crippen LogP contribution in [0.5, 0.6) is 0 Å². The van der Waals surface area contributed by atoms with E-state index in [-0.39, 0.29) is 17.4 Å². The molecule has 1 heterocycles. The van der Waals surface area contributed by atoms with Crippen molar-refractivity contribution in [3.63, 3.8) is 0 Å². The summed E-state index contributed by atoms with van der Waals surface area (Å²) in [6, 6.07) is 5.80. The lowest BCUT2D eigenvalue weighted by atomic mass is 9.70. The first-order valence-electron chi connectivity index (χ1n) is 7.80. The Bertz CT molecular complexity index is 626. The van der Waals surface area contributed by atoms with Gasteiger partial charge < -0.3 is 4.90 Å². The van der Waals surface area contributed by atoms with Gasteiger partial charge in [-0.3, -0.25) is 14.8 Å². The summed E-state index contributed by atoms with van der Waals surface area (Å²) >= 11 is 0. The molecule has 2 N–H and O–H groups in total. The molecule has 0 aromatic heterocycles. The number of nitrogens with zero attached hydrogens (tertiary/aromatic N) is 1. The van der Waals surface area contributed by atoms with Crippen LogP contribution in [0.15, 0.2) is 18.2 Å². The van der Waals surface area contributed by atoms with Crippen molar-refractivity contribution in [3.05, 3.63) is 34.9 Å². The number of rotatable bonds is 2. The van der Waals surface area contributed by atoms with Crippen molar-refractivity contribution in [3.8, 4) is 0 Å². The predicted molar refractivity (Wildman–Crippen MR) is 81.6 cm³/mol. The summed E-state index contributed by atoms with van der Waals surface area (Å²) in [7, 11) is 0. The maximum atomic E-state index is 12.2. The first-order chi connectivity index (χ1) is 10.4. The van der Waals surface area contributed by atoms with Crippen molar-refractivity contribution >= 4 is 11.8 Å². The fraction of sp³-hybridized carbons (Fsp3) is 0.529. The molecule has 1 atom stereocenters. The van der Waals surface area contributed by atoms with Gasteiger partial charge in [0.05, 0.1) is 0 Å². The maximum absolute atomic E-state index is 12.2. The van der Waals surface area contributed by atoms with Crippen molar-refractivity contribution in [2.24, 2.45) is 5.41 Å². The Kier molecular flexibility index (Phi) is 3.68. The molecule has 1 unspecified atom stereocenters. The van der Waals surface area contributed by atoms with E-state index < -0.39 is 5.91 Å². The highest BCUT2D eigenvalue weighted by atomic mass is 16.5. The monoisotopic (exact) mass is 302 g/mol. The molecule has 1 aromatic rings. The molecule has 2 amide bonds. The van der Waals surface area contributed by atoms with Gasteiger partial charge in [-0.2, -0.15) is 0 Å². The van der Waals surface area contributed by atoms with Crippen molar-refractivity contribution in [1.29, 1.82) is 0 Å². The number of hydrogen-bond acceptors (Lipinski definition) is 3. The number of hydroxylamine groups is 1. The minimum atomic E-state index is -0.481. The van der Waals surface area contributed by atoms with E-state index in [0.29, 0.717) is 12.0 Å². The average molecular weight is 302 g/mol. The van der Waals surface area contributed by atoms with Gasteiger partial charge in [-0.25, -0.2) is 5.48 Å². The largest absolute Gasteiger partial charge is 0.340 e.